The SMILES string of the molecule is CNCCC1CCCC1C. The molecule has 1 rings (SSSR count). The van der Waals surface area contributed by atoms with Crippen molar-refractivity contribution < 1.29 is 0 Å². The quantitative estimate of drug-likeness (QED) is 0.634. The zero-order valence-electron chi connectivity index (χ0n) is 7.19. The van der Waals surface area contributed by atoms with E-state index in [1.54, 1.807) is 0 Å². The van der Waals surface area contributed by atoms with Crippen LogP contribution >= 0.6 is 0 Å². The topological polar surface area (TPSA) is 12.0 Å². The van der Waals surface area contributed by atoms with Crippen LogP contribution in [0.5, 0.6) is 0 Å². The van der Waals surface area contributed by atoms with Gasteiger partial charge in [-0.3, -0.25) is 0 Å². The van der Waals surface area contributed by atoms with Crippen LogP contribution in [0.4, 0.5) is 0 Å². The Morgan fingerprint density at radius 2 is 2.20 bits per heavy atom. The van der Waals surface area contributed by atoms with Crippen LogP contribution < -0.4 is 5.32 Å². The lowest BCUT2D eigenvalue weighted by molar-refractivity contribution is 0.387. The normalized spacial score (nSPS) is 33.0. The van der Waals surface area contributed by atoms with Crippen molar-refractivity contribution in [3.8, 4) is 0 Å². The van der Waals surface area contributed by atoms with Gasteiger partial charge in [-0.1, -0.05) is 26.2 Å². The molecule has 1 fully saturated rings. The van der Waals surface area contributed by atoms with Crippen LogP contribution in [-0.4, -0.2) is 13.6 Å². The summed E-state index contributed by atoms with van der Waals surface area (Å²) in [5, 5.41) is 3.22. The maximum Gasteiger partial charge on any atom is -0.00492 e. The third-order valence-electron chi connectivity index (χ3n) is 2.80. The van der Waals surface area contributed by atoms with Crippen molar-refractivity contribution in [3.05, 3.63) is 0 Å². The minimum Gasteiger partial charge on any atom is -0.320 e. The fourth-order valence-corrected chi connectivity index (χ4v) is 1.98. The molecule has 1 aliphatic carbocycles. The molecule has 0 aliphatic heterocycles. The molecule has 1 heteroatoms. The standard InChI is InChI=1S/C9H19N/c1-8-4-3-5-9(8)6-7-10-2/h8-10H,3-7H2,1-2H3. The maximum absolute atomic E-state index is 3.22. The lowest BCUT2D eigenvalue weighted by Crippen LogP contribution is -2.14. The molecule has 0 spiro atoms. The van der Waals surface area contributed by atoms with Gasteiger partial charge < -0.3 is 5.32 Å². The molecule has 0 saturated heterocycles. The van der Waals surface area contributed by atoms with Crippen molar-refractivity contribution in [2.75, 3.05) is 13.6 Å². The second kappa shape index (κ2) is 3.97. The van der Waals surface area contributed by atoms with E-state index in [0.29, 0.717) is 0 Å². The van der Waals surface area contributed by atoms with Crippen LogP contribution in [0.25, 0.3) is 0 Å². The van der Waals surface area contributed by atoms with E-state index in [1.807, 2.05) is 7.05 Å². The van der Waals surface area contributed by atoms with E-state index in [4.69, 9.17) is 0 Å². The van der Waals surface area contributed by atoms with E-state index in [-0.39, 0.29) is 0 Å². The van der Waals surface area contributed by atoms with Crippen molar-refractivity contribution in [1.29, 1.82) is 0 Å². The zero-order chi connectivity index (χ0) is 7.40. The van der Waals surface area contributed by atoms with Crippen LogP contribution in [0.2, 0.25) is 0 Å². The van der Waals surface area contributed by atoms with E-state index in [2.05, 4.69) is 12.2 Å². The second-order valence-corrected chi connectivity index (χ2v) is 3.56. The van der Waals surface area contributed by atoms with Gasteiger partial charge in [-0.25, -0.2) is 0 Å². The lowest BCUT2D eigenvalue weighted by Gasteiger charge is -2.13. The summed E-state index contributed by atoms with van der Waals surface area (Å²) < 4.78 is 0. The molecule has 1 N–H and O–H groups in total. The van der Waals surface area contributed by atoms with Gasteiger partial charge in [0.05, 0.1) is 0 Å². The number of hydrogen-bond donors (Lipinski definition) is 1. The molecule has 0 radical (unpaired) electrons. The average molecular weight is 141 g/mol. The Balaban J connectivity index is 2.14. The summed E-state index contributed by atoms with van der Waals surface area (Å²) in [6.45, 7) is 3.60. The van der Waals surface area contributed by atoms with Gasteiger partial charge in [0.2, 0.25) is 0 Å². The van der Waals surface area contributed by atoms with Gasteiger partial charge in [0.15, 0.2) is 0 Å². The highest BCUT2D eigenvalue weighted by molar-refractivity contribution is 4.74. The first-order valence-corrected chi connectivity index (χ1v) is 4.49. The molecule has 0 bridgehead atoms. The molecule has 1 saturated carbocycles. The van der Waals surface area contributed by atoms with E-state index in [9.17, 15) is 0 Å². The number of rotatable bonds is 3. The third kappa shape index (κ3) is 1.98. The molecular formula is C9H19N. The Labute approximate surface area is 64.2 Å². The fraction of sp³-hybridized carbons (Fsp3) is 1.00. The Bertz CT molecular complexity index is 90.7. The Morgan fingerprint density at radius 3 is 2.70 bits per heavy atom. The monoisotopic (exact) mass is 141 g/mol. The largest absolute Gasteiger partial charge is 0.320 e. The smallest absolute Gasteiger partial charge is 0.00492 e. The van der Waals surface area contributed by atoms with Gasteiger partial charge in [0.25, 0.3) is 0 Å². The summed E-state index contributed by atoms with van der Waals surface area (Å²) in [6, 6.07) is 0. The highest BCUT2D eigenvalue weighted by atomic mass is 14.8. The Kier molecular flexibility index (Phi) is 3.20. The molecule has 2 unspecified atom stereocenters. The molecule has 2 atom stereocenters. The molecule has 10 heavy (non-hydrogen) atoms. The van der Waals surface area contributed by atoms with Crippen LogP contribution in [0, 0.1) is 11.8 Å². The van der Waals surface area contributed by atoms with Crippen LogP contribution in [0.3, 0.4) is 0 Å². The van der Waals surface area contributed by atoms with Gasteiger partial charge in [-0.15, -0.1) is 0 Å². The molecule has 0 heterocycles. The average Bonchev–Trinajstić information content (AvgIpc) is 2.31. The summed E-state index contributed by atoms with van der Waals surface area (Å²) in [5.41, 5.74) is 0. The van der Waals surface area contributed by atoms with E-state index >= 15 is 0 Å². The molecule has 0 aromatic carbocycles. The van der Waals surface area contributed by atoms with Crippen LogP contribution in [0.1, 0.15) is 32.6 Å². The first kappa shape index (κ1) is 8.06. The summed E-state index contributed by atoms with van der Waals surface area (Å²) >= 11 is 0. The molecule has 1 nitrogen and oxygen atoms in total. The minimum atomic E-state index is 0.994. The summed E-state index contributed by atoms with van der Waals surface area (Å²) in [7, 11) is 2.04. The molecule has 60 valence electrons. The summed E-state index contributed by atoms with van der Waals surface area (Å²) in [6.07, 6.45) is 5.80. The highest BCUT2D eigenvalue weighted by Crippen LogP contribution is 2.32. The van der Waals surface area contributed by atoms with Crippen LogP contribution in [-0.2, 0) is 0 Å². The molecule has 1 aliphatic rings. The van der Waals surface area contributed by atoms with Crippen molar-refractivity contribution in [2.45, 2.75) is 32.6 Å². The molecular weight excluding hydrogens is 122 g/mol. The van der Waals surface area contributed by atoms with Crippen LogP contribution in [0.15, 0.2) is 0 Å². The first-order chi connectivity index (χ1) is 4.84. The van der Waals surface area contributed by atoms with E-state index < -0.39 is 0 Å². The summed E-state index contributed by atoms with van der Waals surface area (Å²) in [4.78, 5) is 0. The zero-order valence-corrected chi connectivity index (χ0v) is 7.19. The Morgan fingerprint density at radius 1 is 1.40 bits per heavy atom. The molecule has 0 amide bonds. The van der Waals surface area contributed by atoms with Crippen molar-refractivity contribution >= 4 is 0 Å². The fourth-order valence-electron chi connectivity index (χ4n) is 1.98. The van der Waals surface area contributed by atoms with Gasteiger partial charge >= 0.3 is 0 Å². The van der Waals surface area contributed by atoms with Crippen molar-refractivity contribution in [2.24, 2.45) is 11.8 Å². The first-order valence-electron chi connectivity index (χ1n) is 4.49. The number of hydrogen-bond acceptors (Lipinski definition) is 1. The van der Waals surface area contributed by atoms with Crippen molar-refractivity contribution in [1.82, 2.24) is 5.32 Å². The maximum atomic E-state index is 3.22. The second-order valence-electron chi connectivity index (χ2n) is 3.56. The van der Waals surface area contributed by atoms with E-state index in [0.717, 1.165) is 11.8 Å². The highest BCUT2D eigenvalue weighted by Gasteiger charge is 2.21. The summed E-state index contributed by atoms with van der Waals surface area (Å²) in [5.74, 6) is 2.01. The third-order valence-corrected chi connectivity index (χ3v) is 2.80. The number of nitrogens with one attached hydrogen (secondary N) is 1. The van der Waals surface area contributed by atoms with Gasteiger partial charge in [0.1, 0.15) is 0 Å². The predicted octanol–water partition coefficient (Wildman–Crippen LogP) is 2.03. The molecule has 0 aromatic rings. The Hall–Kier alpha value is -0.0400. The predicted molar refractivity (Wildman–Crippen MR) is 45.0 cm³/mol. The van der Waals surface area contributed by atoms with Gasteiger partial charge in [-0.2, -0.15) is 0 Å². The van der Waals surface area contributed by atoms with E-state index in [1.165, 1.54) is 32.2 Å². The van der Waals surface area contributed by atoms with Crippen molar-refractivity contribution in [3.63, 3.8) is 0 Å². The van der Waals surface area contributed by atoms with Gasteiger partial charge in [-0.05, 0) is 31.8 Å². The minimum absolute atomic E-state index is 0.994. The molecule has 0 aromatic heterocycles. The lowest BCUT2D eigenvalue weighted by atomic mass is 9.95. The van der Waals surface area contributed by atoms with Gasteiger partial charge in [0, 0.05) is 0 Å².